The number of thiazole rings is 1. The van der Waals surface area contributed by atoms with E-state index in [1.54, 1.807) is 11.5 Å². The van der Waals surface area contributed by atoms with Crippen molar-refractivity contribution in [1.82, 2.24) is 4.98 Å². The van der Waals surface area contributed by atoms with Gasteiger partial charge in [-0.2, -0.15) is 0 Å². The quantitative estimate of drug-likeness (QED) is 0.893. The fraction of sp³-hybridized carbons (Fsp3) is 0. The highest BCUT2D eigenvalue weighted by molar-refractivity contribution is 7.13. The van der Waals surface area contributed by atoms with E-state index < -0.39 is 11.8 Å². The van der Waals surface area contributed by atoms with E-state index in [-0.39, 0.29) is 5.56 Å². The van der Waals surface area contributed by atoms with E-state index in [1.165, 1.54) is 29.5 Å². The van der Waals surface area contributed by atoms with Crippen LogP contribution in [0.2, 0.25) is 0 Å². The van der Waals surface area contributed by atoms with Gasteiger partial charge < -0.3 is 10.8 Å². The lowest BCUT2D eigenvalue weighted by Crippen LogP contribution is -1.97. The molecule has 0 radical (unpaired) electrons. The van der Waals surface area contributed by atoms with Gasteiger partial charge in [0.2, 0.25) is 0 Å². The highest BCUT2D eigenvalue weighted by Gasteiger charge is 2.06. The van der Waals surface area contributed by atoms with Crippen LogP contribution in [0.3, 0.4) is 0 Å². The predicted octanol–water partition coefficient (Wildman–Crippen LogP) is 2.73. The van der Waals surface area contributed by atoms with Crippen molar-refractivity contribution >= 4 is 34.6 Å². The summed E-state index contributed by atoms with van der Waals surface area (Å²) in [4.78, 5) is 14.6. The molecule has 0 saturated heterocycles. The number of nitrogens with zero attached hydrogens (tertiary/aromatic N) is 1. The topological polar surface area (TPSA) is 76.2 Å². The minimum Gasteiger partial charge on any atom is -0.478 e. The maximum absolute atomic E-state index is 13.6. The van der Waals surface area contributed by atoms with Crippen LogP contribution in [0.15, 0.2) is 23.6 Å². The lowest BCUT2D eigenvalue weighted by atomic mass is 10.1. The molecule has 0 atom stereocenters. The van der Waals surface area contributed by atoms with Gasteiger partial charge in [-0.25, -0.2) is 14.2 Å². The van der Waals surface area contributed by atoms with Gasteiger partial charge in [0.05, 0.1) is 11.3 Å². The highest BCUT2D eigenvalue weighted by atomic mass is 32.1. The first kappa shape index (κ1) is 12.3. The number of carboxylic acids is 1. The van der Waals surface area contributed by atoms with Crippen LogP contribution < -0.4 is 5.73 Å². The van der Waals surface area contributed by atoms with E-state index in [0.29, 0.717) is 16.4 Å². The number of benzene rings is 1. The van der Waals surface area contributed by atoms with Gasteiger partial charge in [-0.3, -0.25) is 0 Å². The summed E-state index contributed by atoms with van der Waals surface area (Å²) in [6.45, 7) is 0. The first-order valence-electron chi connectivity index (χ1n) is 4.98. The third-order valence-electron chi connectivity index (χ3n) is 2.22. The monoisotopic (exact) mass is 264 g/mol. The molecule has 18 heavy (non-hydrogen) atoms. The number of nitrogen functional groups attached to an aromatic ring is 1. The zero-order valence-corrected chi connectivity index (χ0v) is 9.95. The maximum atomic E-state index is 13.6. The first-order valence-corrected chi connectivity index (χ1v) is 5.86. The van der Waals surface area contributed by atoms with Gasteiger partial charge in [0.25, 0.3) is 0 Å². The molecule has 6 heteroatoms. The molecule has 2 rings (SSSR count). The molecule has 0 saturated carbocycles. The second-order valence-electron chi connectivity index (χ2n) is 3.49. The van der Waals surface area contributed by atoms with Gasteiger partial charge in [0.1, 0.15) is 5.82 Å². The molecular weight excluding hydrogens is 255 g/mol. The molecule has 0 aliphatic rings. The Morgan fingerprint density at radius 3 is 2.78 bits per heavy atom. The van der Waals surface area contributed by atoms with Crippen LogP contribution in [0.1, 0.15) is 21.6 Å². The molecular formula is C12H9FN2O2S. The van der Waals surface area contributed by atoms with Gasteiger partial charge in [-0.05, 0) is 24.3 Å². The highest BCUT2D eigenvalue weighted by Crippen LogP contribution is 2.16. The largest absolute Gasteiger partial charge is 0.478 e. The fourth-order valence-electron chi connectivity index (χ4n) is 1.35. The van der Waals surface area contributed by atoms with Crippen LogP contribution in [0.4, 0.5) is 9.52 Å². The lowest BCUT2D eigenvalue weighted by Gasteiger charge is -1.98. The van der Waals surface area contributed by atoms with Crippen LogP contribution in [-0.2, 0) is 0 Å². The minimum atomic E-state index is -1.16. The van der Waals surface area contributed by atoms with Crippen LogP contribution in [0.5, 0.6) is 0 Å². The van der Waals surface area contributed by atoms with E-state index in [0.717, 1.165) is 6.07 Å². The van der Waals surface area contributed by atoms with Gasteiger partial charge in [0, 0.05) is 10.9 Å². The molecule has 4 nitrogen and oxygen atoms in total. The zero-order valence-electron chi connectivity index (χ0n) is 9.13. The van der Waals surface area contributed by atoms with Crippen molar-refractivity contribution < 1.29 is 14.3 Å². The van der Waals surface area contributed by atoms with E-state index >= 15 is 0 Å². The Morgan fingerprint density at radius 2 is 2.22 bits per heavy atom. The summed E-state index contributed by atoms with van der Waals surface area (Å²) in [6.07, 6.45) is 3.14. The average molecular weight is 264 g/mol. The van der Waals surface area contributed by atoms with Crippen molar-refractivity contribution in [1.29, 1.82) is 0 Å². The Kier molecular flexibility index (Phi) is 3.38. The number of carbonyl (C=O) groups is 1. The van der Waals surface area contributed by atoms with E-state index in [9.17, 15) is 9.18 Å². The molecule has 0 unspecified atom stereocenters. The molecule has 2 aromatic rings. The second-order valence-corrected chi connectivity index (χ2v) is 4.38. The van der Waals surface area contributed by atoms with E-state index in [1.807, 2.05) is 0 Å². The normalized spacial score (nSPS) is 10.9. The zero-order chi connectivity index (χ0) is 13.1. The number of aromatic carboxylic acids is 1. The Balaban J connectivity index is 2.24. The molecule has 0 aliphatic carbocycles. The SMILES string of the molecule is Nc1nc(C=Cc2ccc(C(=O)O)cc2F)cs1. The molecule has 1 heterocycles. The minimum absolute atomic E-state index is 0.0810. The molecule has 0 bridgehead atoms. The Hall–Kier alpha value is -2.21. The summed E-state index contributed by atoms with van der Waals surface area (Å²) in [6, 6.07) is 3.74. The maximum Gasteiger partial charge on any atom is 0.335 e. The summed E-state index contributed by atoms with van der Waals surface area (Å²) in [5.74, 6) is -1.74. The number of anilines is 1. The molecule has 0 fully saturated rings. The summed E-state index contributed by atoms with van der Waals surface area (Å²) < 4.78 is 13.6. The summed E-state index contributed by atoms with van der Waals surface area (Å²) in [5, 5.41) is 10.9. The number of hydrogen-bond donors (Lipinski definition) is 2. The Bertz CT molecular complexity index is 622. The number of hydrogen-bond acceptors (Lipinski definition) is 4. The summed E-state index contributed by atoms with van der Waals surface area (Å²) in [7, 11) is 0. The molecule has 1 aromatic carbocycles. The van der Waals surface area contributed by atoms with Crippen LogP contribution >= 0.6 is 11.3 Å². The summed E-state index contributed by atoms with van der Waals surface area (Å²) >= 11 is 1.29. The predicted molar refractivity (Wildman–Crippen MR) is 68.8 cm³/mol. The van der Waals surface area contributed by atoms with Crippen LogP contribution in [0.25, 0.3) is 12.2 Å². The van der Waals surface area contributed by atoms with E-state index in [2.05, 4.69) is 4.98 Å². The van der Waals surface area contributed by atoms with Crippen molar-refractivity contribution in [3.05, 3.63) is 46.2 Å². The van der Waals surface area contributed by atoms with Crippen LogP contribution in [-0.4, -0.2) is 16.1 Å². The van der Waals surface area contributed by atoms with Crippen molar-refractivity contribution in [2.75, 3.05) is 5.73 Å². The Labute approximate surface area is 106 Å². The van der Waals surface area contributed by atoms with Crippen molar-refractivity contribution in [2.45, 2.75) is 0 Å². The molecule has 0 spiro atoms. The van der Waals surface area contributed by atoms with Crippen LogP contribution in [0, 0.1) is 5.82 Å². The number of nitrogens with two attached hydrogens (primary N) is 1. The van der Waals surface area contributed by atoms with Crippen molar-refractivity contribution in [3.8, 4) is 0 Å². The van der Waals surface area contributed by atoms with Gasteiger partial charge in [-0.15, -0.1) is 11.3 Å². The third kappa shape index (κ3) is 2.72. The fourth-order valence-corrected chi connectivity index (χ4v) is 1.88. The standard InChI is InChI=1S/C12H9FN2O2S/c13-10-5-8(11(16)17)2-1-7(10)3-4-9-6-18-12(14)15-9/h1-6H,(H2,14,15)(H,16,17). The number of aromatic nitrogens is 1. The van der Waals surface area contributed by atoms with Gasteiger partial charge in [-0.1, -0.05) is 6.07 Å². The first-order chi connectivity index (χ1) is 8.56. The lowest BCUT2D eigenvalue weighted by molar-refractivity contribution is 0.0696. The molecule has 92 valence electrons. The molecule has 0 amide bonds. The Morgan fingerprint density at radius 1 is 1.44 bits per heavy atom. The smallest absolute Gasteiger partial charge is 0.335 e. The average Bonchev–Trinajstić information content (AvgIpc) is 2.73. The van der Waals surface area contributed by atoms with E-state index in [4.69, 9.17) is 10.8 Å². The molecule has 1 aromatic heterocycles. The molecule has 0 aliphatic heterocycles. The second kappa shape index (κ2) is 4.97. The third-order valence-corrected chi connectivity index (χ3v) is 2.91. The van der Waals surface area contributed by atoms with Crippen molar-refractivity contribution in [3.63, 3.8) is 0 Å². The van der Waals surface area contributed by atoms with Gasteiger partial charge >= 0.3 is 5.97 Å². The van der Waals surface area contributed by atoms with Gasteiger partial charge in [0.15, 0.2) is 5.13 Å². The number of rotatable bonds is 3. The molecule has 3 N–H and O–H groups in total. The number of halogens is 1. The summed E-state index contributed by atoms with van der Waals surface area (Å²) in [5.41, 5.74) is 6.32. The number of carboxylic acid groups (broad SMARTS) is 1. The van der Waals surface area contributed by atoms with Crippen molar-refractivity contribution in [2.24, 2.45) is 0 Å².